The Morgan fingerprint density at radius 3 is 2.60 bits per heavy atom. The minimum absolute atomic E-state index is 0.177. The van der Waals surface area contributed by atoms with Gasteiger partial charge < -0.3 is 19.7 Å². The Balaban J connectivity index is 1.72. The van der Waals surface area contributed by atoms with Gasteiger partial charge in [-0.2, -0.15) is 0 Å². The molecular weight excluding hydrogens is 404 g/mol. The first-order valence-electron chi connectivity index (χ1n) is 9.93. The normalized spacial score (nSPS) is 16.7. The van der Waals surface area contributed by atoms with Crippen LogP contribution in [0.1, 0.15) is 43.5 Å². The maximum atomic E-state index is 12.9. The van der Waals surface area contributed by atoms with Crippen LogP contribution >= 0.6 is 0 Å². The molecule has 0 bridgehead atoms. The lowest BCUT2D eigenvalue weighted by molar-refractivity contribution is 0.183. The highest BCUT2D eigenvalue weighted by Gasteiger charge is 2.26. The molecular formula is C22H28N2O5S. The van der Waals surface area contributed by atoms with Gasteiger partial charge in [0.15, 0.2) is 9.84 Å². The van der Waals surface area contributed by atoms with Gasteiger partial charge in [-0.15, -0.1) is 0 Å². The molecule has 0 fully saturated rings. The Morgan fingerprint density at radius 1 is 1.27 bits per heavy atom. The number of hydrogen-bond donors (Lipinski definition) is 1. The van der Waals surface area contributed by atoms with Gasteiger partial charge in [0.25, 0.3) is 0 Å². The molecule has 1 heterocycles. The van der Waals surface area contributed by atoms with E-state index in [9.17, 15) is 13.2 Å². The fourth-order valence-electron chi connectivity index (χ4n) is 3.42. The highest BCUT2D eigenvalue weighted by Crippen LogP contribution is 2.35. The van der Waals surface area contributed by atoms with E-state index in [1.54, 1.807) is 36.2 Å². The number of amides is 2. The van der Waals surface area contributed by atoms with Crippen LogP contribution in [-0.4, -0.2) is 45.9 Å². The summed E-state index contributed by atoms with van der Waals surface area (Å²) in [6, 6.07) is 11.6. The molecule has 0 spiro atoms. The van der Waals surface area contributed by atoms with E-state index in [1.165, 1.54) is 6.26 Å². The molecule has 0 saturated heterocycles. The monoisotopic (exact) mass is 432 g/mol. The molecule has 0 saturated carbocycles. The third-order valence-corrected chi connectivity index (χ3v) is 6.45. The van der Waals surface area contributed by atoms with Gasteiger partial charge in [-0.05, 0) is 49.7 Å². The molecule has 2 amide bonds. The van der Waals surface area contributed by atoms with E-state index in [-0.39, 0.29) is 23.0 Å². The molecule has 0 aromatic heterocycles. The van der Waals surface area contributed by atoms with Gasteiger partial charge in [-0.25, -0.2) is 13.2 Å². The lowest BCUT2D eigenvalue weighted by Gasteiger charge is -2.31. The molecule has 1 aliphatic heterocycles. The van der Waals surface area contributed by atoms with E-state index in [4.69, 9.17) is 9.47 Å². The molecule has 7 nitrogen and oxygen atoms in total. The first kappa shape index (κ1) is 22.0. The Labute approximate surface area is 177 Å². The number of fused-ring (bicyclic) bond motifs is 1. The maximum Gasteiger partial charge on any atom is 0.318 e. The van der Waals surface area contributed by atoms with Crippen molar-refractivity contribution in [2.45, 2.75) is 37.2 Å². The van der Waals surface area contributed by atoms with Crippen LogP contribution in [0, 0.1) is 0 Å². The molecule has 2 atom stereocenters. The molecule has 162 valence electrons. The highest BCUT2D eigenvalue weighted by molar-refractivity contribution is 7.90. The standard InChI is InChI=1S/C22H28N2O5S/c1-5-28-17-8-11-21-19(14-17)20(12-13-29-21)23-22(25)24(3)15(2)16-6-9-18(10-7-16)30(4,26)27/h6-11,14-15,20H,5,12-13H2,1-4H3,(H,23,25). The first-order valence-corrected chi connectivity index (χ1v) is 11.8. The van der Waals surface area contributed by atoms with Crippen molar-refractivity contribution < 1.29 is 22.7 Å². The molecule has 2 aromatic carbocycles. The van der Waals surface area contributed by atoms with Crippen LogP contribution in [0.3, 0.4) is 0 Å². The van der Waals surface area contributed by atoms with E-state index >= 15 is 0 Å². The van der Waals surface area contributed by atoms with Crippen LogP contribution in [0.25, 0.3) is 0 Å². The second-order valence-corrected chi connectivity index (χ2v) is 9.42. The van der Waals surface area contributed by atoms with Crippen LogP contribution in [0.2, 0.25) is 0 Å². The Kier molecular flexibility index (Phi) is 6.55. The zero-order valence-corrected chi connectivity index (χ0v) is 18.5. The van der Waals surface area contributed by atoms with Crippen molar-refractivity contribution >= 4 is 15.9 Å². The Hall–Kier alpha value is -2.74. The average molecular weight is 433 g/mol. The summed E-state index contributed by atoms with van der Waals surface area (Å²) < 4.78 is 34.6. The molecule has 2 aromatic rings. The van der Waals surface area contributed by atoms with E-state index in [1.807, 2.05) is 32.0 Å². The number of hydrogen-bond acceptors (Lipinski definition) is 5. The van der Waals surface area contributed by atoms with Crippen LogP contribution in [0.15, 0.2) is 47.4 Å². The predicted octanol–water partition coefficient (Wildman–Crippen LogP) is 3.72. The number of ether oxygens (including phenoxy) is 2. The number of sulfone groups is 1. The molecule has 2 unspecified atom stereocenters. The number of benzene rings is 2. The minimum Gasteiger partial charge on any atom is -0.494 e. The minimum atomic E-state index is -3.25. The molecule has 3 rings (SSSR count). The second-order valence-electron chi connectivity index (χ2n) is 7.40. The summed E-state index contributed by atoms with van der Waals surface area (Å²) in [5.41, 5.74) is 1.75. The largest absolute Gasteiger partial charge is 0.494 e. The highest BCUT2D eigenvalue weighted by atomic mass is 32.2. The summed E-state index contributed by atoms with van der Waals surface area (Å²) in [5.74, 6) is 1.50. The number of carbonyl (C=O) groups excluding carboxylic acids is 1. The zero-order valence-electron chi connectivity index (χ0n) is 17.7. The maximum absolute atomic E-state index is 12.9. The quantitative estimate of drug-likeness (QED) is 0.752. The van der Waals surface area contributed by atoms with Crippen LogP contribution < -0.4 is 14.8 Å². The number of urea groups is 1. The predicted molar refractivity (Wildman–Crippen MR) is 115 cm³/mol. The summed E-state index contributed by atoms with van der Waals surface area (Å²) >= 11 is 0. The van der Waals surface area contributed by atoms with E-state index in [0.29, 0.717) is 19.6 Å². The molecule has 30 heavy (non-hydrogen) atoms. The smallest absolute Gasteiger partial charge is 0.318 e. The Morgan fingerprint density at radius 2 is 1.97 bits per heavy atom. The molecule has 1 N–H and O–H groups in total. The van der Waals surface area contributed by atoms with Crippen molar-refractivity contribution in [3.63, 3.8) is 0 Å². The topological polar surface area (TPSA) is 84.9 Å². The van der Waals surface area contributed by atoms with Gasteiger partial charge in [-0.1, -0.05) is 12.1 Å². The van der Waals surface area contributed by atoms with Gasteiger partial charge in [0, 0.05) is 25.3 Å². The second kappa shape index (κ2) is 8.95. The number of nitrogens with one attached hydrogen (secondary N) is 1. The molecule has 0 radical (unpaired) electrons. The van der Waals surface area contributed by atoms with Crippen molar-refractivity contribution in [3.05, 3.63) is 53.6 Å². The molecule has 1 aliphatic rings. The third-order valence-electron chi connectivity index (χ3n) is 5.32. The lowest BCUT2D eigenvalue weighted by Crippen LogP contribution is -2.41. The van der Waals surface area contributed by atoms with Gasteiger partial charge in [0.05, 0.1) is 30.2 Å². The summed E-state index contributed by atoms with van der Waals surface area (Å²) in [6.07, 6.45) is 1.84. The van der Waals surface area contributed by atoms with Crippen molar-refractivity contribution in [3.8, 4) is 11.5 Å². The fourth-order valence-corrected chi connectivity index (χ4v) is 4.05. The van der Waals surface area contributed by atoms with Crippen LogP contribution in [0.4, 0.5) is 4.79 Å². The Bertz CT molecular complexity index is 1000. The van der Waals surface area contributed by atoms with Crippen molar-refractivity contribution in [2.24, 2.45) is 0 Å². The van der Waals surface area contributed by atoms with Gasteiger partial charge in [0.2, 0.25) is 0 Å². The summed E-state index contributed by atoms with van der Waals surface area (Å²) in [6.45, 7) is 4.92. The van der Waals surface area contributed by atoms with Crippen LogP contribution in [-0.2, 0) is 9.84 Å². The summed E-state index contributed by atoms with van der Waals surface area (Å²) in [4.78, 5) is 14.8. The van der Waals surface area contributed by atoms with Crippen molar-refractivity contribution in [1.29, 1.82) is 0 Å². The first-order chi connectivity index (χ1) is 14.2. The van der Waals surface area contributed by atoms with E-state index in [0.717, 1.165) is 22.6 Å². The van der Waals surface area contributed by atoms with E-state index < -0.39 is 9.84 Å². The SMILES string of the molecule is CCOc1ccc2c(c1)C(NC(=O)N(C)C(C)c1ccc(S(C)(=O)=O)cc1)CCO2. The van der Waals surface area contributed by atoms with E-state index in [2.05, 4.69) is 5.32 Å². The van der Waals surface area contributed by atoms with Gasteiger partial charge >= 0.3 is 6.03 Å². The number of carbonyl (C=O) groups is 1. The van der Waals surface area contributed by atoms with Gasteiger partial charge in [-0.3, -0.25) is 0 Å². The number of nitrogens with zero attached hydrogens (tertiary/aromatic N) is 1. The summed E-state index contributed by atoms with van der Waals surface area (Å²) in [5, 5.41) is 3.09. The number of rotatable bonds is 6. The fraction of sp³-hybridized carbons (Fsp3) is 0.409. The molecule has 0 aliphatic carbocycles. The van der Waals surface area contributed by atoms with Crippen molar-refractivity contribution in [2.75, 3.05) is 26.5 Å². The van der Waals surface area contributed by atoms with Gasteiger partial charge in [0.1, 0.15) is 11.5 Å². The lowest BCUT2D eigenvalue weighted by atomic mass is 10.00. The summed E-state index contributed by atoms with van der Waals surface area (Å²) in [7, 11) is -1.53. The molecule has 8 heteroatoms. The van der Waals surface area contributed by atoms with Crippen molar-refractivity contribution in [1.82, 2.24) is 10.2 Å². The third kappa shape index (κ3) is 4.87. The average Bonchev–Trinajstić information content (AvgIpc) is 2.72. The zero-order chi connectivity index (χ0) is 21.9. The van der Waals surface area contributed by atoms with Crippen LogP contribution in [0.5, 0.6) is 11.5 Å².